The number of benzene rings is 3. The number of Topliss-reactive ketones (excluding diaryl/α,β-unsaturated/α-hetero) is 1. The minimum Gasteiger partial charge on any atom is -0.497 e. The number of hydrogen-bond donors (Lipinski definition) is 2. The van der Waals surface area contributed by atoms with Crippen LogP contribution in [0.25, 0.3) is 11.0 Å². The topological polar surface area (TPSA) is 89.8 Å². The van der Waals surface area contributed by atoms with E-state index in [1.54, 1.807) is 68.8 Å². The summed E-state index contributed by atoms with van der Waals surface area (Å²) in [6.07, 6.45) is 0. The van der Waals surface area contributed by atoms with Crippen LogP contribution in [-0.2, 0) is 0 Å². The molecule has 0 bridgehead atoms. The van der Waals surface area contributed by atoms with Crippen molar-refractivity contribution in [3.05, 3.63) is 84.1 Å². The Morgan fingerprint density at radius 3 is 2.12 bits per heavy atom. The molecule has 0 saturated carbocycles. The van der Waals surface area contributed by atoms with E-state index in [4.69, 9.17) is 13.9 Å². The molecule has 0 unspecified atom stereocenters. The quantitative estimate of drug-likeness (QED) is 0.383. The minimum atomic E-state index is -0.425. The fourth-order valence-corrected chi connectivity index (χ4v) is 3.29. The molecule has 0 aliphatic heterocycles. The number of ketones is 1. The summed E-state index contributed by atoms with van der Waals surface area (Å²) in [5, 5.41) is 6.63. The summed E-state index contributed by atoms with van der Waals surface area (Å²) < 4.78 is 16.1. The molecule has 0 aliphatic rings. The summed E-state index contributed by atoms with van der Waals surface area (Å²) in [5.41, 5.74) is 2.15. The molecule has 0 spiro atoms. The van der Waals surface area contributed by atoms with Gasteiger partial charge in [0.05, 0.1) is 26.5 Å². The SMILES string of the molecule is COc1ccc(NC(=O)c2oc3ccccc3c2NCC(=O)c2ccc(OC)cc2)cc1. The molecule has 3 aromatic carbocycles. The van der Waals surface area contributed by atoms with Crippen LogP contribution in [0.4, 0.5) is 11.4 Å². The number of carbonyl (C=O) groups is 2. The van der Waals surface area contributed by atoms with Gasteiger partial charge in [-0.15, -0.1) is 0 Å². The Balaban J connectivity index is 1.56. The third-order valence-corrected chi connectivity index (χ3v) is 4.99. The number of amides is 1. The van der Waals surface area contributed by atoms with E-state index >= 15 is 0 Å². The highest BCUT2D eigenvalue weighted by molar-refractivity contribution is 6.12. The summed E-state index contributed by atoms with van der Waals surface area (Å²) in [7, 11) is 3.15. The lowest BCUT2D eigenvalue weighted by molar-refractivity contribution is 0.0991. The predicted octanol–water partition coefficient (Wildman–Crippen LogP) is 5.00. The lowest BCUT2D eigenvalue weighted by Crippen LogP contribution is -2.17. The van der Waals surface area contributed by atoms with E-state index in [1.807, 2.05) is 18.2 Å². The van der Waals surface area contributed by atoms with E-state index in [0.29, 0.717) is 34.0 Å². The number of rotatable bonds is 8. The lowest BCUT2D eigenvalue weighted by atomic mass is 10.1. The number of nitrogens with one attached hydrogen (secondary N) is 2. The van der Waals surface area contributed by atoms with Gasteiger partial charge < -0.3 is 24.5 Å². The Morgan fingerprint density at radius 1 is 0.844 bits per heavy atom. The van der Waals surface area contributed by atoms with Crippen LogP contribution >= 0.6 is 0 Å². The summed E-state index contributed by atoms with van der Waals surface area (Å²) in [6, 6.07) is 21.1. The first-order valence-electron chi connectivity index (χ1n) is 9.97. The first-order chi connectivity index (χ1) is 15.6. The first-order valence-corrected chi connectivity index (χ1v) is 9.97. The normalized spacial score (nSPS) is 10.6. The Hall–Kier alpha value is -4.26. The molecule has 7 heteroatoms. The predicted molar refractivity (Wildman–Crippen MR) is 123 cm³/mol. The standard InChI is InChI=1S/C25H22N2O5/c1-30-18-11-7-16(8-12-18)21(28)15-26-23-20-5-3-4-6-22(20)32-24(23)25(29)27-17-9-13-19(31-2)14-10-17/h3-14,26H,15H2,1-2H3,(H,27,29). The molecule has 1 heterocycles. The Kier molecular flexibility index (Phi) is 6.07. The zero-order valence-electron chi connectivity index (χ0n) is 17.7. The van der Waals surface area contributed by atoms with Crippen molar-refractivity contribution in [2.45, 2.75) is 0 Å². The number of ether oxygens (including phenoxy) is 2. The number of furan rings is 1. The number of carbonyl (C=O) groups excluding carboxylic acids is 2. The van der Waals surface area contributed by atoms with Gasteiger partial charge in [0.15, 0.2) is 5.78 Å². The molecule has 0 aliphatic carbocycles. The van der Waals surface area contributed by atoms with Gasteiger partial charge in [0.2, 0.25) is 5.76 Å². The highest BCUT2D eigenvalue weighted by Crippen LogP contribution is 2.31. The van der Waals surface area contributed by atoms with Crippen LogP contribution in [0.5, 0.6) is 11.5 Å². The van der Waals surface area contributed by atoms with E-state index in [9.17, 15) is 9.59 Å². The van der Waals surface area contributed by atoms with Gasteiger partial charge in [-0.2, -0.15) is 0 Å². The van der Waals surface area contributed by atoms with Gasteiger partial charge in [-0.05, 0) is 60.7 Å². The summed E-state index contributed by atoms with van der Waals surface area (Å²) in [4.78, 5) is 25.6. The fourth-order valence-electron chi connectivity index (χ4n) is 3.29. The average molecular weight is 430 g/mol. The van der Waals surface area contributed by atoms with Gasteiger partial charge in [-0.1, -0.05) is 12.1 Å². The van der Waals surface area contributed by atoms with Crippen molar-refractivity contribution < 1.29 is 23.5 Å². The van der Waals surface area contributed by atoms with E-state index < -0.39 is 5.91 Å². The van der Waals surface area contributed by atoms with Gasteiger partial charge in [0, 0.05) is 16.6 Å². The Morgan fingerprint density at radius 2 is 1.47 bits per heavy atom. The van der Waals surface area contributed by atoms with E-state index in [0.717, 1.165) is 5.39 Å². The van der Waals surface area contributed by atoms with Gasteiger partial charge in [-0.25, -0.2) is 0 Å². The zero-order chi connectivity index (χ0) is 22.5. The highest BCUT2D eigenvalue weighted by atomic mass is 16.5. The molecule has 7 nitrogen and oxygen atoms in total. The molecule has 1 aromatic heterocycles. The third-order valence-electron chi connectivity index (χ3n) is 4.99. The molecule has 0 saturated heterocycles. The number of methoxy groups -OCH3 is 2. The largest absolute Gasteiger partial charge is 0.497 e. The van der Waals surface area contributed by atoms with Gasteiger partial charge in [-0.3, -0.25) is 9.59 Å². The maximum atomic E-state index is 13.0. The maximum absolute atomic E-state index is 13.0. The molecule has 4 rings (SSSR count). The number of hydrogen-bond acceptors (Lipinski definition) is 6. The number of para-hydroxylation sites is 1. The van der Waals surface area contributed by atoms with Crippen LogP contribution < -0.4 is 20.1 Å². The molecule has 0 radical (unpaired) electrons. The second-order valence-electron chi connectivity index (χ2n) is 6.99. The van der Waals surface area contributed by atoms with Crippen molar-refractivity contribution in [1.82, 2.24) is 0 Å². The molecular weight excluding hydrogens is 408 g/mol. The maximum Gasteiger partial charge on any atom is 0.293 e. The molecular formula is C25H22N2O5. The molecule has 32 heavy (non-hydrogen) atoms. The molecule has 162 valence electrons. The van der Waals surface area contributed by atoms with Crippen molar-refractivity contribution in [3.8, 4) is 11.5 Å². The second kappa shape index (κ2) is 9.26. The molecule has 2 N–H and O–H groups in total. The van der Waals surface area contributed by atoms with E-state index in [-0.39, 0.29) is 18.1 Å². The summed E-state index contributed by atoms with van der Waals surface area (Å²) in [6.45, 7) is -0.00132. The number of fused-ring (bicyclic) bond motifs is 1. The Labute approximate surface area is 184 Å². The molecule has 0 atom stereocenters. The van der Waals surface area contributed by atoms with Crippen molar-refractivity contribution >= 4 is 34.0 Å². The van der Waals surface area contributed by atoms with Crippen LogP contribution in [0.1, 0.15) is 20.9 Å². The third kappa shape index (κ3) is 4.41. The molecule has 1 amide bonds. The number of anilines is 2. The minimum absolute atomic E-state index is 0.00132. The van der Waals surface area contributed by atoms with Crippen molar-refractivity contribution in [3.63, 3.8) is 0 Å². The average Bonchev–Trinajstić information content (AvgIpc) is 3.22. The summed E-state index contributed by atoms with van der Waals surface area (Å²) >= 11 is 0. The lowest BCUT2D eigenvalue weighted by Gasteiger charge is -2.09. The highest BCUT2D eigenvalue weighted by Gasteiger charge is 2.21. The van der Waals surface area contributed by atoms with Gasteiger partial charge in [0.1, 0.15) is 17.1 Å². The summed E-state index contributed by atoms with van der Waals surface area (Å²) in [5.74, 6) is 0.911. The zero-order valence-corrected chi connectivity index (χ0v) is 17.7. The first kappa shape index (κ1) is 21.0. The van der Waals surface area contributed by atoms with E-state index in [2.05, 4.69) is 10.6 Å². The molecule has 4 aromatic rings. The molecule has 0 fully saturated rings. The van der Waals surface area contributed by atoms with Crippen LogP contribution in [-0.4, -0.2) is 32.5 Å². The van der Waals surface area contributed by atoms with Crippen molar-refractivity contribution in [2.24, 2.45) is 0 Å². The fraction of sp³-hybridized carbons (Fsp3) is 0.120. The van der Waals surface area contributed by atoms with Crippen LogP contribution in [0, 0.1) is 0 Å². The second-order valence-corrected chi connectivity index (χ2v) is 6.99. The van der Waals surface area contributed by atoms with Gasteiger partial charge >= 0.3 is 0 Å². The van der Waals surface area contributed by atoms with Crippen LogP contribution in [0.2, 0.25) is 0 Å². The van der Waals surface area contributed by atoms with Crippen LogP contribution in [0.15, 0.2) is 77.2 Å². The van der Waals surface area contributed by atoms with E-state index in [1.165, 1.54) is 0 Å². The monoisotopic (exact) mass is 430 g/mol. The van der Waals surface area contributed by atoms with Crippen molar-refractivity contribution in [1.29, 1.82) is 0 Å². The van der Waals surface area contributed by atoms with Crippen molar-refractivity contribution in [2.75, 3.05) is 31.4 Å². The smallest absolute Gasteiger partial charge is 0.293 e. The Bertz CT molecular complexity index is 1240. The van der Waals surface area contributed by atoms with Crippen LogP contribution in [0.3, 0.4) is 0 Å². The van der Waals surface area contributed by atoms with Gasteiger partial charge in [0.25, 0.3) is 5.91 Å².